The molecule has 0 aliphatic carbocycles. The Morgan fingerprint density at radius 3 is 2.00 bits per heavy atom. The molecular formula is C9H23NS2Sn. The molecule has 0 heterocycles. The van der Waals surface area contributed by atoms with Gasteiger partial charge in [-0.1, -0.05) is 0 Å². The van der Waals surface area contributed by atoms with E-state index >= 15 is 0 Å². The fraction of sp³-hybridized carbons (Fsp3) is 1.00. The molecule has 0 rings (SSSR count). The standard InChI is InChI=1S/C4H10N.2C2H6S.CH3.Sn/c1-2-3-4-5;2*1-2-3;;/h1-5H2;2*3H,2H2,1H3;1H3;/q;;;;+2/p-2. The second-order valence-electron chi connectivity index (χ2n) is 3.25. The van der Waals surface area contributed by atoms with Crippen molar-refractivity contribution in [2.24, 2.45) is 5.73 Å². The summed E-state index contributed by atoms with van der Waals surface area (Å²) in [5.74, 6) is 2.62. The first-order chi connectivity index (χ1) is 6.18. The number of rotatable bonds is 8. The van der Waals surface area contributed by atoms with Gasteiger partial charge in [-0.25, -0.2) is 0 Å². The van der Waals surface area contributed by atoms with E-state index in [4.69, 9.17) is 5.73 Å². The van der Waals surface area contributed by atoms with Gasteiger partial charge in [-0.15, -0.1) is 0 Å². The summed E-state index contributed by atoms with van der Waals surface area (Å²) in [4.78, 5) is 2.58. The summed E-state index contributed by atoms with van der Waals surface area (Å²) >= 11 is -1.75. The van der Waals surface area contributed by atoms with Crippen molar-refractivity contribution in [2.75, 3.05) is 18.1 Å². The number of nitrogens with two attached hydrogens (primary N) is 1. The number of hydrogen-bond acceptors (Lipinski definition) is 3. The quantitative estimate of drug-likeness (QED) is 0.547. The van der Waals surface area contributed by atoms with Crippen LogP contribution >= 0.6 is 17.9 Å². The molecule has 0 aliphatic heterocycles. The molecule has 0 saturated carbocycles. The summed E-state index contributed by atoms with van der Waals surface area (Å²) in [6, 6.07) is 0. The number of hydrogen-bond donors (Lipinski definition) is 1. The molecule has 0 aromatic rings. The zero-order valence-corrected chi connectivity index (χ0v) is 13.6. The van der Waals surface area contributed by atoms with Crippen molar-refractivity contribution in [3.05, 3.63) is 0 Å². The molecule has 0 atom stereocenters. The zero-order chi connectivity index (χ0) is 10.2. The molecule has 0 saturated heterocycles. The van der Waals surface area contributed by atoms with E-state index in [1.165, 1.54) is 28.8 Å². The fourth-order valence-corrected chi connectivity index (χ4v) is 27.5. The maximum atomic E-state index is 5.52. The molecule has 0 bridgehead atoms. The van der Waals surface area contributed by atoms with Gasteiger partial charge in [-0.3, -0.25) is 0 Å². The summed E-state index contributed by atoms with van der Waals surface area (Å²) in [6.07, 6.45) is 2.59. The normalized spacial score (nSPS) is 12.0. The van der Waals surface area contributed by atoms with Gasteiger partial charge in [0.05, 0.1) is 0 Å². The molecular weight excluding hydrogens is 305 g/mol. The maximum absolute atomic E-state index is 5.52. The molecule has 0 aromatic carbocycles. The SMILES string of the molecule is CC[S][Sn]([CH3])([CH2]CCCN)[S]CC. The van der Waals surface area contributed by atoms with E-state index in [-0.39, 0.29) is 0 Å². The molecule has 0 spiro atoms. The van der Waals surface area contributed by atoms with Crippen LogP contribution in [0.25, 0.3) is 0 Å². The second-order valence-corrected chi connectivity index (χ2v) is 31.6. The first kappa shape index (κ1) is 14.5. The van der Waals surface area contributed by atoms with Crippen LogP contribution in [0.2, 0.25) is 9.38 Å². The summed E-state index contributed by atoms with van der Waals surface area (Å²) in [6.45, 7) is 5.45. The summed E-state index contributed by atoms with van der Waals surface area (Å²) in [7, 11) is 4.57. The molecule has 0 fully saturated rings. The van der Waals surface area contributed by atoms with Crippen LogP contribution in [0.3, 0.4) is 0 Å². The van der Waals surface area contributed by atoms with Gasteiger partial charge in [0.25, 0.3) is 0 Å². The molecule has 0 aromatic heterocycles. The van der Waals surface area contributed by atoms with Crippen LogP contribution in [0.5, 0.6) is 0 Å². The van der Waals surface area contributed by atoms with Crippen molar-refractivity contribution in [1.82, 2.24) is 0 Å². The van der Waals surface area contributed by atoms with Gasteiger partial charge < -0.3 is 0 Å². The second kappa shape index (κ2) is 8.74. The molecule has 0 radical (unpaired) electrons. The Balaban J connectivity index is 3.76. The number of unbranched alkanes of at least 4 members (excludes halogenated alkanes) is 1. The van der Waals surface area contributed by atoms with E-state index in [2.05, 4.69) is 36.7 Å². The van der Waals surface area contributed by atoms with Crippen molar-refractivity contribution in [1.29, 1.82) is 0 Å². The first-order valence-electron chi connectivity index (χ1n) is 5.16. The Kier molecular flexibility index (Phi) is 9.72. The van der Waals surface area contributed by atoms with Crippen molar-refractivity contribution >= 4 is 33.5 Å². The van der Waals surface area contributed by atoms with Crippen molar-refractivity contribution in [2.45, 2.75) is 36.1 Å². The van der Waals surface area contributed by atoms with E-state index < -0.39 is 15.6 Å². The van der Waals surface area contributed by atoms with Gasteiger partial charge in [0.15, 0.2) is 0 Å². The average Bonchev–Trinajstić information content (AvgIpc) is 2.05. The Bertz CT molecular complexity index is 116. The molecule has 0 unspecified atom stereocenters. The summed E-state index contributed by atoms with van der Waals surface area (Å²) < 4.78 is 1.50. The third kappa shape index (κ3) is 7.39. The van der Waals surface area contributed by atoms with Gasteiger partial charge in [-0.05, 0) is 0 Å². The zero-order valence-electron chi connectivity index (χ0n) is 9.14. The molecule has 1 nitrogen and oxygen atoms in total. The van der Waals surface area contributed by atoms with Crippen molar-refractivity contribution in [3.8, 4) is 0 Å². The van der Waals surface area contributed by atoms with Gasteiger partial charge in [0.1, 0.15) is 0 Å². The predicted molar refractivity (Wildman–Crippen MR) is 71.0 cm³/mol. The van der Waals surface area contributed by atoms with Crippen molar-refractivity contribution in [3.63, 3.8) is 0 Å². The van der Waals surface area contributed by atoms with Crippen LogP contribution in [0, 0.1) is 0 Å². The predicted octanol–water partition coefficient (Wildman–Crippen LogP) is 3.30. The van der Waals surface area contributed by atoms with Gasteiger partial charge in [0, 0.05) is 0 Å². The third-order valence-corrected chi connectivity index (χ3v) is 30.3. The van der Waals surface area contributed by atoms with Crippen LogP contribution in [0.4, 0.5) is 0 Å². The van der Waals surface area contributed by atoms with E-state index in [9.17, 15) is 0 Å². The Morgan fingerprint density at radius 1 is 1.08 bits per heavy atom. The van der Waals surface area contributed by atoms with Crippen LogP contribution in [-0.2, 0) is 0 Å². The Labute approximate surface area is 92.8 Å². The van der Waals surface area contributed by atoms with Gasteiger partial charge >= 0.3 is 93.4 Å². The first-order valence-corrected chi connectivity index (χ1v) is 19.0. The molecule has 80 valence electrons. The minimum absolute atomic E-state index is 0.871. The third-order valence-electron chi connectivity index (χ3n) is 1.98. The van der Waals surface area contributed by atoms with Crippen molar-refractivity contribution < 1.29 is 0 Å². The monoisotopic (exact) mass is 329 g/mol. The average molecular weight is 328 g/mol. The molecule has 0 amide bonds. The van der Waals surface area contributed by atoms with E-state index in [0.29, 0.717) is 0 Å². The molecule has 2 N–H and O–H groups in total. The van der Waals surface area contributed by atoms with Crippen LogP contribution in [0.1, 0.15) is 26.7 Å². The van der Waals surface area contributed by atoms with E-state index in [1.807, 2.05) is 0 Å². The molecule has 0 aliphatic rings. The van der Waals surface area contributed by atoms with E-state index in [0.717, 1.165) is 6.54 Å². The van der Waals surface area contributed by atoms with Gasteiger partial charge in [-0.2, -0.15) is 0 Å². The van der Waals surface area contributed by atoms with Crippen LogP contribution in [0.15, 0.2) is 0 Å². The van der Waals surface area contributed by atoms with Crippen LogP contribution < -0.4 is 5.73 Å². The minimum atomic E-state index is -1.75. The molecule has 4 heteroatoms. The van der Waals surface area contributed by atoms with Crippen LogP contribution in [-0.4, -0.2) is 33.7 Å². The Morgan fingerprint density at radius 2 is 1.62 bits per heavy atom. The van der Waals surface area contributed by atoms with E-state index in [1.54, 1.807) is 0 Å². The molecule has 13 heavy (non-hydrogen) atoms. The fourth-order valence-electron chi connectivity index (χ4n) is 1.39. The topological polar surface area (TPSA) is 26.0 Å². The summed E-state index contributed by atoms with van der Waals surface area (Å²) in [5, 5.41) is 0. The summed E-state index contributed by atoms with van der Waals surface area (Å²) in [5.41, 5.74) is 5.52. The van der Waals surface area contributed by atoms with Gasteiger partial charge in [0.2, 0.25) is 0 Å². The Hall–Kier alpha value is 1.46.